The van der Waals surface area contributed by atoms with E-state index in [1.165, 1.54) is 27.6 Å². The van der Waals surface area contributed by atoms with E-state index in [1.54, 1.807) is 0 Å². The van der Waals surface area contributed by atoms with Crippen molar-refractivity contribution in [2.75, 3.05) is 4.90 Å². The van der Waals surface area contributed by atoms with Crippen LogP contribution in [0.15, 0.2) is 223 Å². The van der Waals surface area contributed by atoms with Crippen molar-refractivity contribution in [2.24, 2.45) is 0 Å². The van der Waals surface area contributed by atoms with Crippen LogP contribution in [0.25, 0.3) is 88.3 Å². The first-order valence-electron chi connectivity index (χ1n) is 19.7. The molecule has 1 heterocycles. The normalized spacial score (nSPS) is 11.4. The zero-order valence-corrected chi connectivity index (χ0v) is 31.6. The van der Waals surface area contributed by atoms with Crippen molar-refractivity contribution < 1.29 is 4.42 Å². The summed E-state index contributed by atoms with van der Waals surface area (Å²) in [7, 11) is 0. The molecule has 0 saturated heterocycles. The molecule has 0 aliphatic carbocycles. The fourth-order valence-electron chi connectivity index (χ4n) is 8.52. The molecule has 3 heteroatoms. The summed E-state index contributed by atoms with van der Waals surface area (Å²) in [5, 5.41) is 6.84. The van der Waals surface area contributed by atoms with Crippen molar-refractivity contribution in [3.05, 3.63) is 218 Å². The Morgan fingerprint density at radius 1 is 0.362 bits per heavy atom. The maximum absolute atomic E-state index is 6.41. The molecule has 58 heavy (non-hydrogen) atoms. The number of rotatable bonds is 7. The number of nitrogens with zero attached hydrogens (tertiary/aromatic N) is 2. The molecule has 0 aliphatic rings. The van der Waals surface area contributed by atoms with Gasteiger partial charge in [0, 0.05) is 27.6 Å². The Balaban J connectivity index is 1.13. The van der Waals surface area contributed by atoms with Gasteiger partial charge in [0.05, 0.1) is 11.4 Å². The average Bonchev–Trinajstić information content (AvgIpc) is 3.75. The van der Waals surface area contributed by atoms with E-state index < -0.39 is 0 Å². The van der Waals surface area contributed by atoms with E-state index in [0.717, 1.165) is 71.8 Å². The van der Waals surface area contributed by atoms with Crippen molar-refractivity contribution in [1.29, 1.82) is 0 Å². The van der Waals surface area contributed by atoms with Crippen LogP contribution in [0.4, 0.5) is 17.1 Å². The molecule has 272 valence electrons. The van der Waals surface area contributed by atoms with Crippen LogP contribution >= 0.6 is 0 Å². The molecule has 11 aromatic rings. The lowest BCUT2D eigenvalue weighted by atomic mass is 9.93. The van der Waals surface area contributed by atoms with Crippen LogP contribution < -0.4 is 4.90 Å². The predicted molar refractivity (Wildman–Crippen MR) is 243 cm³/mol. The fourth-order valence-corrected chi connectivity index (χ4v) is 8.52. The van der Waals surface area contributed by atoms with Gasteiger partial charge in [-0.05, 0) is 97.9 Å². The molecule has 0 amide bonds. The van der Waals surface area contributed by atoms with E-state index in [9.17, 15) is 0 Å². The molecule has 0 aliphatic heterocycles. The van der Waals surface area contributed by atoms with Crippen molar-refractivity contribution in [3.8, 4) is 44.8 Å². The number of aromatic nitrogens is 1. The fraction of sp³-hybridized carbons (Fsp3) is 0. The van der Waals surface area contributed by atoms with E-state index in [4.69, 9.17) is 9.40 Å². The van der Waals surface area contributed by atoms with Gasteiger partial charge < -0.3 is 9.32 Å². The summed E-state index contributed by atoms with van der Waals surface area (Å²) in [5.74, 6) is 0.625. The van der Waals surface area contributed by atoms with Gasteiger partial charge in [-0.1, -0.05) is 170 Å². The summed E-state index contributed by atoms with van der Waals surface area (Å²) in [5.41, 5.74) is 13.0. The van der Waals surface area contributed by atoms with Crippen LogP contribution in [-0.4, -0.2) is 4.98 Å². The number of para-hydroxylation sites is 1. The molecule has 0 N–H and O–H groups in total. The van der Waals surface area contributed by atoms with Crippen LogP contribution in [-0.2, 0) is 0 Å². The third kappa shape index (κ3) is 5.80. The lowest BCUT2D eigenvalue weighted by Gasteiger charge is -2.30. The third-order valence-electron chi connectivity index (χ3n) is 11.3. The molecule has 0 saturated carbocycles. The molecule has 0 unspecified atom stereocenters. The zero-order chi connectivity index (χ0) is 38.4. The number of hydrogen-bond acceptors (Lipinski definition) is 3. The van der Waals surface area contributed by atoms with E-state index >= 15 is 0 Å². The first-order chi connectivity index (χ1) is 28.8. The van der Waals surface area contributed by atoms with E-state index in [1.807, 2.05) is 36.4 Å². The number of oxazole rings is 1. The Labute approximate surface area is 336 Å². The van der Waals surface area contributed by atoms with Crippen molar-refractivity contribution in [3.63, 3.8) is 0 Å². The zero-order valence-electron chi connectivity index (χ0n) is 31.6. The molecule has 11 rings (SSSR count). The van der Waals surface area contributed by atoms with Crippen molar-refractivity contribution >= 4 is 60.5 Å². The lowest BCUT2D eigenvalue weighted by Crippen LogP contribution is -2.12. The van der Waals surface area contributed by atoms with Gasteiger partial charge in [0.25, 0.3) is 0 Å². The summed E-state index contributed by atoms with van der Waals surface area (Å²) in [6, 6.07) is 77.8. The second-order valence-corrected chi connectivity index (χ2v) is 14.7. The van der Waals surface area contributed by atoms with Gasteiger partial charge in [0.15, 0.2) is 5.58 Å². The van der Waals surface area contributed by atoms with Crippen LogP contribution in [0.3, 0.4) is 0 Å². The summed E-state index contributed by atoms with van der Waals surface area (Å²) < 4.78 is 6.41. The molecule has 0 spiro atoms. The second-order valence-electron chi connectivity index (χ2n) is 14.7. The van der Waals surface area contributed by atoms with Gasteiger partial charge in [0.1, 0.15) is 5.52 Å². The maximum Gasteiger partial charge on any atom is 0.227 e. The number of benzene rings is 10. The van der Waals surface area contributed by atoms with Crippen LogP contribution in [0.2, 0.25) is 0 Å². The number of hydrogen-bond donors (Lipinski definition) is 0. The number of anilines is 3. The van der Waals surface area contributed by atoms with Gasteiger partial charge in [-0.25, -0.2) is 4.98 Å². The minimum atomic E-state index is 0.625. The Bertz CT molecular complexity index is 3260. The minimum absolute atomic E-state index is 0.625. The number of fused-ring (bicyclic) bond motifs is 7. The summed E-state index contributed by atoms with van der Waals surface area (Å²) in [4.78, 5) is 7.58. The van der Waals surface area contributed by atoms with Crippen LogP contribution in [0, 0.1) is 0 Å². The summed E-state index contributed by atoms with van der Waals surface area (Å²) in [6.45, 7) is 0. The molecule has 0 fully saturated rings. The van der Waals surface area contributed by atoms with Crippen LogP contribution in [0.1, 0.15) is 0 Å². The highest BCUT2D eigenvalue weighted by Crippen LogP contribution is 2.47. The highest BCUT2D eigenvalue weighted by atomic mass is 16.3. The van der Waals surface area contributed by atoms with Gasteiger partial charge in [-0.3, -0.25) is 0 Å². The molecule has 3 nitrogen and oxygen atoms in total. The Hall–Kier alpha value is -7.75. The van der Waals surface area contributed by atoms with E-state index in [-0.39, 0.29) is 0 Å². The maximum atomic E-state index is 6.41. The predicted octanol–water partition coefficient (Wildman–Crippen LogP) is 15.4. The quantitative estimate of drug-likeness (QED) is 0.152. The molecule has 10 aromatic carbocycles. The molecule has 0 bridgehead atoms. The van der Waals surface area contributed by atoms with Crippen molar-refractivity contribution in [2.45, 2.75) is 0 Å². The summed E-state index contributed by atoms with van der Waals surface area (Å²) in [6.07, 6.45) is 0. The largest absolute Gasteiger partial charge is 0.436 e. The second kappa shape index (κ2) is 14.1. The smallest absolute Gasteiger partial charge is 0.227 e. The lowest BCUT2D eigenvalue weighted by molar-refractivity contribution is 0.620. The first kappa shape index (κ1) is 33.6. The average molecular weight is 741 g/mol. The molecule has 1 aromatic heterocycles. The van der Waals surface area contributed by atoms with Gasteiger partial charge >= 0.3 is 0 Å². The topological polar surface area (TPSA) is 29.3 Å². The van der Waals surface area contributed by atoms with Crippen LogP contribution in [0.5, 0.6) is 0 Å². The Kier molecular flexibility index (Phi) is 8.15. The Morgan fingerprint density at radius 2 is 0.931 bits per heavy atom. The molecular weight excluding hydrogens is 705 g/mol. The van der Waals surface area contributed by atoms with Gasteiger partial charge in [-0.2, -0.15) is 0 Å². The van der Waals surface area contributed by atoms with Gasteiger partial charge in [0.2, 0.25) is 5.89 Å². The molecular formula is C55H36N2O. The van der Waals surface area contributed by atoms with Crippen molar-refractivity contribution in [1.82, 2.24) is 4.98 Å². The first-order valence-corrected chi connectivity index (χ1v) is 19.7. The molecule has 0 atom stereocenters. The third-order valence-corrected chi connectivity index (χ3v) is 11.3. The highest BCUT2D eigenvalue weighted by Gasteiger charge is 2.22. The molecule has 0 radical (unpaired) electrons. The highest BCUT2D eigenvalue weighted by molar-refractivity contribution is 6.28. The van der Waals surface area contributed by atoms with E-state index in [0.29, 0.717) is 5.89 Å². The minimum Gasteiger partial charge on any atom is -0.436 e. The monoisotopic (exact) mass is 740 g/mol. The Morgan fingerprint density at radius 3 is 1.67 bits per heavy atom. The SMILES string of the molecule is c1ccc(-c2cccc(-c3ccc(N(c4ccccc4-c4ccccc4)c4cc5ccc6ccc7oc(-c8ccccc8)nc7c6c5c5ccccc45)cc3)c2)cc1. The van der Waals surface area contributed by atoms with E-state index in [2.05, 4.69) is 187 Å². The van der Waals surface area contributed by atoms with Gasteiger partial charge in [-0.15, -0.1) is 0 Å². The summed E-state index contributed by atoms with van der Waals surface area (Å²) >= 11 is 0. The standard InChI is InChI=1S/C55H36N2O/c1-4-15-37(16-5-1)42-21-14-22-43(35-42)38-29-32-45(33-30-38)57(49-26-13-12-23-46(49)39-17-6-2-7-18-39)50-36-44-28-27-40-31-34-51-54(56-55(58-51)41-19-8-3-9-20-41)53(40)52(44)48-25-11-10-24-47(48)50/h1-36H.